The zero-order chi connectivity index (χ0) is 15.8. The fraction of sp³-hybridized carbons (Fsp3) is 0.588. The van der Waals surface area contributed by atoms with Crippen LogP contribution in [0.3, 0.4) is 0 Å². The third-order valence-electron chi connectivity index (χ3n) is 3.72. The third-order valence-corrected chi connectivity index (χ3v) is 3.72. The van der Waals surface area contributed by atoms with Crippen LogP contribution >= 0.6 is 0 Å². The van der Waals surface area contributed by atoms with Gasteiger partial charge >= 0.3 is 5.97 Å². The number of anilines is 1. The highest BCUT2D eigenvalue weighted by Gasteiger charge is 2.23. The lowest BCUT2D eigenvalue weighted by Crippen LogP contribution is -2.41. The van der Waals surface area contributed by atoms with Crippen molar-refractivity contribution in [3.63, 3.8) is 0 Å². The number of carbonyl (C=O) groups excluding carboxylic acids is 1. The SMILES string of the molecule is CC[C@@H](C(=O)OCc1cccc(N(C)C)c1)N(CC)CC. The normalized spacial score (nSPS) is 12.3. The summed E-state index contributed by atoms with van der Waals surface area (Å²) < 4.78 is 5.50. The monoisotopic (exact) mass is 292 g/mol. The molecule has 0 saturated carbocycles. The number of rotatable bonds is 8. The van der Waals surface area contributed by atoms with E-state index in [-0.39, 0.29) is 12.0 Å². The Morgan fingerprint density at radius 1 is 1.19 bits per heavy atom. The third kappa shape index (κ3) is 5.05. The lowest BCUT2D eigenvalue weighted by atomic mass is 10.2. The number of esters is 1. The molecular weight excluding hydrogens is 264 g/mol. The van der Waals surface area contributed by atoms with Crippen LogP contribution in [0.2, 0.25) is 0 Å². The Labute approximate surface area is 128 Å². The van der Waals surface area contributed by atoms with Gasteiger partial charge in [0, 0.05) is 19.8 Å². The van der Waals surface area contributed by atoms with Crippen LogP contribution in [0.4, 0.5) is 5.69 Å². The van der Waals surface area contributed by atoms with Crippen molar-refractivity contribution in [3.8, 4) is 0 Å². The van der Waals surface area contributed by atoms with Gasteiger partial charge in [0.05, 0.1) is 0 Å². The predicted molar refractivity (Wildman–Crippen MR) is 87.6 cm³/mol. The molecule has 0 aromatic heterocycles. The quantitative estimate of drug-likeness (QED) is 0.690. The van der Waals surface area contributed by atoms with E-state index >= 15 is 0 Å². The van der Waals surface area contributed by atoms with E-state index in [0.29, 0.717) is 6.61 Å². The molecule has 0 unspecified atom stereocenters. The highest BCUT2D eigenvalue weighted by molar-refractivity contribution is 5.75. The molecule has 1 atom stereocenters. The van der Waals surface area contributed by atoms with Gasteiger partial charge in [-0.25, -0.2) is 0 Å². The van der Waals surface area contributed by atoms with Gasteiger partial charge in [0.25, 0.3) is 0 Å². The molecule has 0 aliphatic carbocycles. The maximum Gasteiger partial charge on any atom is 0.323 e. The minimum absolute atomic E-state index is 0.128. The Balaban J connectivity index is 2.65. The molecule has 21 heavy (non-hydrogen) atoms. The summed E-state index contributed by atoms with van der Waals surface area (Å²) >= 11 is 0. The summed E-state index contributed by atoms with van der Waals surface area (Å²) in [4.78, 5) is 16.4. The van der Waals surface area contributed by atoms with E-state index < -0.39 is 0 Å². The van der Waals surface area contributed by atoms with E-state index in [9.17, 15) is 4.79 Å². The van der Waals surface area contributed by atoms with Gasteiger partial charge in [-0.3, -0.25) is 9.69 Å². The average Bonchev–Trinajstić information content (AvgIpc) is 2.50. The summed E-state index contributed by atoms with van der Waals surface area (Å²) in [5, 5.41) is 0. The van der Waals surface area contributed by atoms with Gasteiger partial charge < -0.3 is 9.64 Å². The highest BCUT2D eigenvalue weighted by atomic mass is 16.5. The standard InChI is InChI=1S/C17H28N2O2/c1-6-16(19(7-2)8-3)17(20)21-13-14-10-9-11-15(12-14)18(4)5/h9-12,16H,6-8,13H2,1-5H3/t16-/m0/s1. The summed E-state index contributed by atoms with van der Waals surface area (Å²) in [6.45, 7) is 8.22. The largest absolute Gasteiger partial charge is 0.460 e. The molecule has 0 aliphatic rings. The molecule has 1 aromatic rings. The van der Waals surface area contributed by atoms with Crippen molar-refractivity contribution < 1.29 is 9.53 Å². The molecule has 1 aromatic carbocycles. The smallest absolute Gasteiger partial charge is 0.323 e. The van der Waals surface area contributed by atoms with E-state index in [2.05, 4.69) is 18.7 Å². The Hall–Kier alpha value is -1.55. The van der Waals surface area contributed by atoms with Crippen LogP contribution in [0, 0.1) is 0 Å². The fourth-order valence-electron chi connectivity index (χ4n) is 2.41. The molecule has 118 valence electrons. The lowest BCUT2D eigenvalue weighted by molar-refractivity contribution is -0.151. The van der Waals surface area contributed by atoms with Crippen LogP contribution in [0.15, 0.2) is 24.3 Å². The van der Waals surface area contributed by atoms with Crippen LogP contribution in [0.25, 0.3) is 0 Å². The van der Waals surface area contributed by atoms with Crippen LogP contribution in [0.5, 0.6) is 0 Å². The molecule has 1 rings (SSSR count). The van der Waals surface area contributed by atoms with Crippen molar-refractivity contribution >= 4 is 11.7 Å². The zero-order valence-electron chi connectivity index (χ0n) is 13.9. The van der Waals surface area contributed by atoms with Crippen molar-refractivity contribution in [2.75, 3.05) is 32.1 Å². The fourth-order valence-corrected chi connectivity index (χ4v) is 2.41. The van der Waals surface area contributed by atoms with Gasteiger partial charge in [0.2, 0.25) is 0 Å². The second-order valence-corrected chi connectivity index (χ2v) is 5.32. The van der Waals surface area contributed by atoms with E-state index in [1.54, 1.807) is 0 Å². The van der Waals surface area contributed by atoms with Gasteiger partial charge in [-0.15, -0.1) is 0 Å². The summed E-state index contributed by atoms with van der Waals surface area (Å²) in [6.07, 6.45) is 0.776. The first-order chi connectivity index (χ1) is 10.0. The average molecular weight is 292 g/mol. The minimum Gasteiger partial charge on any atom is -0.460 e. The maximum absolute atomic E-state index is 12.3. The van der Waals surface area contributed by atoms with Crippen LogP contribution in [-0.4, -0.2) is 44.1 Å². The van der Waals surface area contributed by atoms with Gasteiger partial charge in [-0.1, -0.05) is 32.9 Å². The first-order valence-corrected chi connectivity index (χ1v) is 7.70. The van der Waals surface area contributed by atoms with E-state index in [1.165, 1.54) is 0 Å². The van der Waals surface area contributed by atoms with E-state index in [4.69, 9.17) is 4.74 Å². The second-order valence-electron chi connectivity index (χ2n) is 5.32. The van der Waals surface area contributed by atoms with Crippen molar-refractivity contribution in [3.05, 3.63) is 29.8 Å². The van der Waals surface area contributed by atoms with Crippen molar-refractivity contribution in [2.24, 2.45) is 0 Å². The van der Waals surface area contributed by atoms with E-state index in [0.717, 1.165) is 30.8 Å². The molecule has 0 saturated heterocycles. The first kappa shape index (κ1) is 17.5. The maximum atomic E-state index is 12.3. The van der Waals surface area contributed by atoms with Crippen LogP contribution in [0.1, 0.15) is 32.8 Å². The second kappa shape index (κ2) is 8.67. The Kier molecular flexibility index (Phi) is 7.23. The number of hydrogen-bond donors (Lipinski definition) is 0. The predicted octanol–water partition coefficient (Wildman–Crippen LogP) is 2.92. The molecule has 0 aliphatic heterocycles. The Morgan fingerprint density at radius 2 is 1.86 bits per heavy atom. The summed E-state index contributed by atoms with van der Waals surface area (Å²) in [5.74, 6) is -0.128. The van der Waals surface area contributed by atoms with Gasteiger partial charge in [-0.2, -0.15) is 0 Å². The number of likely N-dealkylation sites (N-methyl/N-ethyl adjacent to an activating group) is 1. The first-order valence-electron chi connectivity index (χ1n) is 7.70. The number of ether oxygens (including phenoxy) is 1. The molecule has 0 fully saturated rings. The zero-order valence-corrected chi connectivity index (χ0v) is 13.9. The molecule has 4 heteroatoms. The molecular formula is C17H28N2O2. The topological polar surface area (TPSA) is 32.8 Å². The van der Waals surface area contributed by atoms with Gasteiger partial charge in [0.1, 0.15) is 12.6 Å². The number of carbonyl (C=O) groups is 1. The summed E-state index contributed by atoms with van der Waals surface area (Å²) in [5.41, 5.74) is 2.13. The number of hydrogen-bond acceptors (Lipinski definition) is 4. The van der Waals surface area contributed by atoms with Gasteiger partial charge in [-0.05, 0) is 37.2 Å². The van der Waals surface area contributed by atoms with Crippen molar-refractivity contribution in [1.82, 2.24) is 4.90 Å². The summed E-state index contributed by atoms with van der Waals surface area (Å²) in [7, 11) is 4.00. The molecule has 0 N–H and O–H groups in total. The lowest BCUT2D eigenvalue weighted by Gasteiger charge is -2.26. The number of benzene rings is 1. The highest BCUT2D eigenvalue weighted by Crippen LogP contribution is 2.15. The van der Waals surface area contributed by atoms with E-state index in [1.807, 2.05) is 50.2 Å². The molecule has 4 nitrogen and oxygen atoms in total. The summed E-state index contributed by atoms with van der Waals surface area (Å²) in [6, 6.07) is 7.91. The molecule has 0 spiro atoms. The number of nitrogens with zero attached hydrogens (tertiary/aromatic N) is 2. The Morgan fingerprint density at radius 3 is 2.38 bits per heavy atom. The van der Waals surface area contributed by atoms with Crippen LogP contribution < -0.4 is 4.90 Å². The molecule has 0 bridgehead atoms. The minimum atomic E-state index is -0.142. The van der Waals surface area contributed by atoms with Crippen LogP contribution in [-0.2, 0) is 16.1 Å². The van der Waals surface area contributed by atoms with Crippen molar-refractivity contribution in [1.29, 1.82) is 0 Å². The van der Waals surface area contributed by atoms with Gasteiger partial charge in [0.15, 0.2) is 0 Å². The molecule has 0 heterocycles. The molecule has 0 amide bonds. The van der Waals surface area contributed by atoms with Crippen molar-refractivity contribution in [2.45, 2.75) is 39.8 Å². The Bertz CT molecular complexity index is 442. The molecule has 0 radical (unpaired) electrons.